The topological polar surface area (TPSA) is 18.5 Å². The second-order valence-electron chi connectivity index (χ2n) is 4.96. The van der Waals surface area contributed by atoms with Gasteiger partial charge in [0.2, 0.25) is 0 Å². The van der Waals surface area contributed by atoms with E-state index in [4.69, 9.17) is 9.47 Å². The van der Waals surface area contributed by atoms with Crippen LogP contribution in [0.15, 0.2) is 24.3 Å². The maximum Gasteiger partial charge on any atom is 0.509 e. The molecule has 0 unspecified atom stereocenters. The molecule has 0 spiro atoms. The summed E-state index contributed by atoms with van der Waals surface area (Å²) in [6.45, 7) is 1.29. The fraction of sp³-hybridized carbons (Fsp3) is 0.500. The average Bonchev–Trinajstić information content (AvgIpc) is 2.22. The van der Waals surface area contributed by atoms with Crippen LogP contribution in [0, 0.1) is 0 Å². The number of rotatable bonds is 5. The molecule has 1 rings (SSSR count). The standard InChI is InChI=1S/C12H17BF3O2/c1-12(2,3)18-8-7-17-11-6-4-5-10(9-11)13(14,15)16/h4-6,9H,7-8H2,1-3H3/q-1. The van der Waals surface area contributed by atoms with Crippen LogP contribution in [0.4, 0.5) is 12.9 Å². The minimum Gasteiger partial charge on any atom is -0.491 e. The van der Waals surface area contributed by atoms with Crippen molar-refractivity contribution >= 4 is 12.4 Å². The lowest BCUT2D eigenvalue weighted by molar-refractivity contribution is -0.0162. The van der Waals surface area contributed by atoms with Crippen LogP contribution in [-0.4, -0.2) is 25.8 Å². The first-order valence-corrected chi connectivity index (χ1v) is 5.75. The van der Waals surface area contributed by atoms with E-state index in [0.717, 1.165) is 12.1 Å². The summed E-state index contributed by atoms with van der Waals surface area (Å²) in [5.41, 5.74) is -0.926. The number of benzene rings is 1. The van der Waals surface area contributed by atoms with Crippen molar-refractivity contribution < 1.29 is 22.4 Å². The van der Waals surface area contributed by atoms with E-state index in [9.17, 15) is 12.9 Å². The zero-order valence-corrected chi connectivity index (χ0v) is 10.8. The molecule has 0 saturated carbocycles. The van der Waals surface area contributed by atoms with Crippen LogP contribution in [0.5, 0.6) is 5.75 Å². The third kappa shape index (κ3) is 5.45. The van der Waals surface area contributed by atoms with Gasteiger partial charge in [0.1, 0.15) is 12.4 Å². The summed E-state index contributed by atoms with van der Waals surface area (Å²) in [4.78, 5) is 0. The molecule has 0 heterocycles. The minimum atomic E-state index is -4.98. The van der Waals surface area contributed by atoms with Gasteiger partial charge in [-0.25, -0.2) is 0 Å². The Labute approximate surface area is 105 Å². The van der Waals surface area contributed by atoms with E-state index >= 15 is 0 Å². The van der Waals surface area contributed by atoms with Crippen molar-refractivity contribution in [2.24, 2.45) is 0 Å². The average molecular weight is 261 g/mol. The second kappa shape index (κ2) is 5.65. The molecule has 0 aliphatic rings. The first kappa shape index (κ1) is 14.9. The lowest BCUT2D eigenvalue weighted by Gasteiger charge is -2.20. The predicted molar refractivity (Wildman–Crippen MR) is 66.4 cm³/mol. The van der Waals surface area contributed by atoms with Crippen molar-refractivity contribution in [3.05, 3.63) is 24.3 Å². The Hall–Kier alpha value is -1.17. The Morgan fingerprint density at radius 1 is 1.11 bits per heavy atom. The molecule has 0 amide bonds. The third-order valence-corrected chi connectivity index (χ3v) is 2.12. The van der Waals surface area contributed by atoms with Crippen molar-refractivity contribution in [1.82, 2.24) is 0 Å². The van der Waals surface area contributed by atoms with Gasteiger partial charge < -0.3 is 22.4 Å². The molecule has 0 bridgehead atoms. The van der Waals surface area contributed by atoms with Crippen molar-refractivity contribution in [2.45, 2.75) is 26.4 Å². The highest BCUT2D eigenvalue weighted by atomic mass is 19.4. The van der Waals surface area contributed by atoms with Gasteiger partial charge in [0.25, 0.3) is 0 Å². The smallest absolute Gasteiger partial charge is 0.491 e. The van der Waals surface area contributed by atoms with Crippen LogP contribution in [-0.2, 0) is 4.74 Å². The van der Waals surface area contributed by atoms with Crippen molar-refractivity contribution in [2.75, 3.05) is 13.2 Å². The molecule has 0 aromatic heterocycles. The van der Waals surface area contributed by atoms with Crippen LogP contribution >= 0.6 is 0 Å². The molecule has 1 aromatic rings. The SMILES string of the molecule is CC(C)(C)OCCOc1cccc([B-](F)(F)F)c1. The normalized spacial score (nSPS) is 12.6. The third-order valence-electron chi connectivity index (χ3n) is 2.12. The van der Waals surface area contributed by atoms with Gasteiger partial charge in [0.15, 0.2) is 0 Å². The highest BCUT2D eigenvalue weighted by Crippen LogP contribution is 2.14. The van der Waals surface area contributed by atoms with Crippen molar-refractivity contribution in [3.63, 3.8) is 0 Å². The maximum absolute atomic E-state index is 12.5. The van der Waals surface area contributed by atoms with Gasteiger partial charge in [-0.1, -0.05) is 12.1 Å². The first-order chi connectivity index (χ1) is 8.18. The summed E-state index contributed by atoms with van der Waals surface area (Å²) in [6.07, 6.45) is 0. The molecule has 0 radical (unpaired) electrons. The fourth-order valence-electron chi connectivity index (χ4n) is 1.32. The van der Waals surface area contributed by atoms with E-state index in [-0.39, 0.29) is 18.0 Å². The zero-order chi connectivity index (χ0) is 13.8. The van der Waals surface area contributed by atoms with Gasteiger partial charge >= 0.3 is 6.98 Å². The monoisotopic (exact) mass is 261 g/mol. The number of halogens is 3. The van der Waals surface area contributed by atoms with Crippen LogP contribution in [0.1, 0.15) is 20.8 Å². The van der Waals surface area contributed by atoms with E-state index in [1.165, 1.54) is 12.1 Å². The molecule has 0 aliphatic heterocycles. The van der Waals surface area contributed by atoms with Crippen LogP contribution in [0.2, 0.25) is 0 Å². The molecule has 2 nitrogen and oxygen atoms in total. The highest BCUT2D eigenvalue weighted by molar-refractivity contribution is 6.73. The second-order valence-corrected chi connectivity index (χ2v) is 4.96. The number of ether oxygens (including phenoxy) is 2. The van der Waals surface area contributed by atoms with Gasteiger partial charge in [0, 0.05) is 0 Å². The van der Waals surface area contributed by atoms with Gasteiger partial charge in [-0.15, -0.1) is 5.46 Å². The van der Waals surface area contributed by atoms with Gasteiger partial charge in [-0.3, -0.25) is 0 Å². The maximum atomic E-state index is 12.5. The van der Waals surface area contributed by atoms with E-state index in [1.807, 2.05) is 20.8 Å². The van der Waals surface area contributed by atoms with E-state index in [2.05, 4.69) is 0 Å². The fourth-order valence-corrected chi connectivity index (χ4v) is 1.32. The lowest BCUT2D eigenvalue weighted by Crippen LogP contribution is -2.33. The molecular formula is C12H17BF3O2-. The number of hydrogen-bond acceptors (Lipinski definition) is 2. The Balaban J connectivity index is 2.49. The highest BCUT2D eigenvalue weighted by Gasteiger charge is 2.25. The molecule has 0 atom stereocenters. The summed E-state index contributed by atoms with van der Waals surface area (Å²) in [7, 11) is 0. The van der Waals surface area contributed by atoms with E-state index < -0.39 is 12.4 Å². The van der Waals surface area contributed by atoms with Crippen molar-refractivity contribution in [3.8, 4) is 5.75 Å². The molecule has 0 aliphatic carbocycles. The van der Waals surface area contributed by atoms with E-state index in [0.29, 0.717) is 6.61 Å². The predicted octanol–water partition coefficient (Wildman–Crippen LogP) is 2.93. The Morgan fingerprint density at radius 2 is 1.78 bits per heavy atom. The molecule has 1 aromatic carbocycles. The van der Waals surface area contributed by atoms with Crippen molar-refractivity contribution in [1.29, 1.82) is 0 Å². The largest absolute Gasteiger partial charge is 0.509 e. The lowest BCUT2D eigenvalue weighted by atomic mass is 9.80. The van der Waals surface area contributed by atoms with Crippen LogP contribution < -0.4 is 10.2 Å². The van der Waals surface area contributed by atoms with Crippen LogP contribution in [0.3, 0.4) is 0 Å². The summed E-state index contributed by atoms with van der Waals surface area (Å²) < 4.78 is 48.1. The summed E-state index contributed by atoms with van der Waals surface area (Å²) >= 11 is 0. The molecule has 6 heteroatoms. The molecular weight excluding hydrogens is 244 g/mol. The molecule has 0 fully saturated rings. The number of hydrogen-bond donors (Lipinski definition) is 0. The Morgan fingerprint density at radius 3 is 2.33 bits per heavy atom. The molecule has 18 heavy (non-hydrogen) atoms. The van der Waals surface area contributed by atoms with Gasteiger partial charge in [0.05, 0.1) is 12.2 Å². The summed E-state index contributed by atoms with van der Waals surface area (Å²) in [5, 5.41) is 0. The molecule has 0 saturated heterocycles. The van der Waals surface area contributed by atoms with Gasteiger partial charge in [-0.2, -0.15) is 0 Å². The summed E-state index contributed by atoms with van der Waals surface area (Å²) in [6, 6.07) is 4.89. The Bertz CT molecular complexity index is 386. The van der Waals surface area contributed by atoms with Crippen LogP contribution in [0.25, 0.3) is 0 Å². The molecule has 102 valence electrons. The zero-order valence-electron chi connectivity index (χ0n) is 10.8. The minimum absolute atomic E-state index is 0.212. The quantitative estimate of drug-likeness (QED) is 0.599. The van der Waals surface area contributed by atoms with Gasteiger partial charge in [-0.05, 0) is 32.9 Å². The first-order valence-electron chi connectivity index (χ1n) is 5.75. The molecule has 0 N–H and O–H groups in total. The van der Waals surface area contributed by atoms with E-state index in [1.54, 1.807) is 0 Å². The Kier molecular flexibility index (Phi) is 4.68. The summed E-state index contributed by atoms with van der Waals surface area (Å²) in [5.74, 6) is 0.212.